The minimum absolute atomic E-state index is 0.136. The van der Waals surface area contributed by atoms with Crippen molar-refractivity contribution in [3.05, 3.63) is 11.6 Å². The summed E-state index contributed by atoms with van der Waals surface area (Å²) in [7, 11) is 0. The van der Waals surface area contributed by atoms with Gasteiger partial charge in [-0.2, -0.15) is 0 Å². The van der Waals surface area contributed by atoms with Crippen LogP contribution in [0.2, 0.25) is 0 Å². The maximum absolute atomic E-state index is 13.2. The number of hydrogen-bond acceptors (Lipinski definition) is 2. The molecule has 25 heavy (non-hydrogen) atoms. The summed E-state index contributed by atoms with van der Waals surface area (Å²) in [5.41, 5.74) is -0.595. The molecular formula is C21H30F2O2. The van der Waals surface area contributed by atoms with E-state index in [9.17, 15) is 18.7 Å². The normalized spacial score (nSPS) is 49.2. The highest BCUT2D eigenvalue weighted by Crippen LogP contribution is 2.63. The summed E-state index contributed by atoms with van der Waals surface area (Å²) in [5.74, 6) is 2.67. The molecule has 0 aromatic rings. The van der Waals surface area contributed by atoms with Crippen molar-refractivity contribution in [1.82, 2.24) is 0 Å². The number of carbonyl (C=O) groups is 1. The molecule has 4 aliphatic rings. The molecule has 2 unspecified atom stereocenters. The van der Waals surface area contributed by atoms with Crippen molar-refractivity contribution in [3.63, 3.8) is 0 Å². The zero-order valence-electron chi connectivity index (χ0n) is 15.3. The Morgan fingerprint density at radius 1 is 1.20 bits per heavy atom. The molecule has 2 nitrogen and oxygen atoms in total. The van der Waals surface area contributed by atoms with Crippen LogP contribution in [0.3, 0.4) is 0 Å². The first-order valence-electron chi connectivity index (χ1n) is 9.96. The zero-order valence-corrected chi connectivity index (χ0v) is 15.3. The van der Waals surface area contributed by atoms with Crippen molar-refractivity contribution < 1.29 is 18.7 Å². The zero-order chi connectivity index (χ0) is 18.0. The van der Waals surface area contributed by atoms with Gasteiger partial charge in [-0.3, -0.25) is 4.79 Å². The summed E-state index contributed by atoms with van der Waals surface area (Å²) in [4.78, 5) is 12.1. The first-order valence-corrected chi connectivity index (χ1v) is 9.96. The number of ketones is 1. The van der Waals surface area contributed by atoms with E-state index in [0.717, 1.165) is 37.7 Å². The summed E-state index contributed by atoms with van der Waals surface area (Å²) in [5, 5.41) is 10.2. The molecule has 0 spiro atoms. The van der Waals surface area contributed by atoms with E-state index < -0.39 is 12.0 Å². The van der Waals surface area contributed by atoms with E-state index in [4.69, 9.17) is 0 Å². The number of allylic oxidation sites excluding steroid dienone is 1. The number of fused-ring (bicyclic) bond motifs is 5. The van der Waals surface area contributed by atoms with Gasteiger partial charge in [0.05, 0.1) is 0 Å². The molecule has 3 fully saturated rings. The van der Waals surface area contributed by atoms with Gasteiger partial charge in [0.25, 0.3) is 6.43 Å². The molecule has 0 amide bonds. The van der Waals surface area contributed by atoms with E-state index in [1.165, 1.54) is 0 Å². The van der Waals surface area contributed by atoms with Gasteiger partial charge in [-0.1, -0.05) is 18.6 Å². The van der Waals surface area contributed by atoms with Crippen molar-refractivity contribution >= 4 is 5.78 Å². The SMILES string of the molecule is CC(=O)[C@H]1CC[C@H]2[C@@H]3CC=C4C[C@@](O)(C(F)F)CCC4[C@H]3CCC12C. The fourth-order valence-electron chi connectivity index (χ4n) is 7.17. The molecule has 0 saturated heterocycles. The Morgan fingerprint density at radius 2 is 1.96 bits per heavy atom. The van der Waals surface area contributed by atoms with E-state index >= 15 is 0 Å². The molecule has 3 saturated carbocycles. The highest BCUT2D eigenvalue weighted by Gasteiger charge is 2.57. The van der Waals surface area contributed by atoms with E-state index in [0.29, 0.717) is 35.9 Å². The smallest absolute Gasteiger partial charge is 0.267 e. The molecule has 4 rings (SSSR count). The van der Waals surface area contributed by atoms with Crippen LogP contribution in [0.4, 0.5) is 8.78 Å². The molecule has 7 atom stereocenters. The van der Waals surface area contributed by atoms with Crippen LogP contribution in [0.15, 0.2) is 11.6 Å². The Hall–Kier alpha value is -0.770. The highest BCUT2D eigenvalue weighted by molar-refractivity contribution is 5.79. The molecule has 0 aromatic carbocycles. The Bertz CT molecular complexity index is 601. The van der Waals surface area contributed by atoms with E-state index in [-0.39, 0.29) is 24.2 Å². The number of rotatable bonds is 2. The minimum atomic E-state index is -2.66. The topological polar surface area (TPSA) is 37.3 Å². The van der Waals surface area contributed by atoms with Crippen molar-refractivity contribution in [2.75, 3.05) is 0 Å². The monoisotopic (exact) mass is 352 g/mol. The maximum Gasteiger partial charge on any atom is 0.267 e. The summed E-state index contributed by atoms with van der Waals surface area (Å²) in [6.45, 7) is 4.07. The van der Waals surface area contributed by atoms with Gasteiger partial charge in [0, 0.05) is 12.3 Å². The quantitative estimate of drug-likeness (QED) is 0.728. The lowest BCUT2D eigenvalue weighted by Gasteiger charge is -2.54. The van der Waals surface area contributed by atoms with Crippen LogP contribution in [0, 0.1) is 35.0 Å². The molecule has 0 heterocycles. The predicted octanol–water partition coefficient (Wildman–Crippen LogP) is 4.76. The molecule has 0 radical (unpaired) electrons. The fraction of sp³-hybridized carbons (Fsp3) is 0.857. The second-order valence-corrected chi connectivity index (χ2v) is 9.46. The first-order chi connectivity index (χ1) is 11.8. The van der Waals surface area contributed by atoms with Gasteiger partial charge in [0.2, 0.25) is 0 Å². The first kappa shape index (κ1) is 17.6. The maximum atomic E-state index is 13.2. The largest absolute Gasteiger partial charge is 0.384 e. The van der Waals surface area contributed by atoms with Crippen LogP contribution in [-0.4, -0.2) is 22.9 Å². The predicted molar refractivity (Wildman–Crippen MR) is 92.2 cm³/mol. The van der Waals surface area contributed by atoms with Gasteiger partial charge in [0.1, 0.15) is 11.4 Å². The van der Waals surface area contributed by atoms with Gasteiger partial charge >= 0.3 is 0 Å². The third kappa shape index (κ3) is 2.54. The molecule has 1 N–H and O–H groups in total. The molecule has 0 aliphatic heterocycles. The number of carbonyl (C=O) groups excluding carboxylic acids is 1. The van der Waals surface area contributed by atoms with E-state index in [1.807, 2.05) is 0 Å². The average molecular weight is 352 g/mol. The van der Waals surface area contributed by atoms with Crippen molar-refractivity contribution in [3.8, 4) is 0 Å². The molecule has 0 aromatic heterocycles. The van der Waals surface area contributed by atoms with Crippen LogP contribution in [0.1, 0.15) is 65.2 Å². The summed E-state index contributed by atoms with van der Waals surface area (Å²) >= 11 is 0. The van der Waals surface area contributed by atoms with Gasteiger partial charge in [-0.25, -0.2) is 8.78 Å². The average Bonchev–Trinajstić information content (AvgIpc) is 2.91. The van der Waals surface area contributed by atoms with Crippen LogP contribution in [-0.2, 0) is 4.79 Å². The second kappa shape index (κ2) is 5.87. The van der Waals surface area contributed by atoms with Gasteiger partial charge in [-0.05, 0) is 81.0 Å². The van der Waals surface area contributed by atoms with Crippen molar-refractivity contribution in [2.45, 2.75) is 77.2 Å². The lowest BCUT2D eigenvalue weighted by atomic mass is 9.51. The van der Waals surface area contributed by atoms with E-state index in [2.05, 4.69) is 13.0 Å². The molecule has 4 heteroatoms. The minimum Gasteiger partial charge on any atom is -0.384 e. The van der Waals surface area contributed by atoms with Gasteiger partial charge in [-0.15, -0.1) is 0 Å². The lowest BCUT2D eigenvalue weighted by Crippen LogP contribution is -2.49. The number of halogens is 2. The van der Waals surface area contributed by atoms with Crippen LogP contribution < -0.4 is 0 Å². The number of aliphatic hydroxyl groups is 1. The summed E-state index contributed by atoms with van der Waals surface area (Å²) < 4.78 is 26.5. The third-order valence-electron chi connectivity index (χ3n) is 8.43. The summed E-state index contributed by atoms with van der Waals surface area (Å²) in [6.07, 6.45) is 5.87. The lowest BCUT2D eigenvalue weighted by molar-refractivity contribution is -0.128. The van der Waals surface area contributed by atoms with Crippen LogP contribution >= 0.6 is 0 Å². The van der Waals surface area contributed by atoms with Crippen molar-refractivity contribution in [2.24, 2.45) is 35.0 Å². The fourth-order valence-corrected chi connectivity index (χ4v) is 7.17. The second-order valence-electron chi connectivity index (χ2n) is 9.46. The number of Topliss-reactive ketones (excluding diaryl/α,β-unsaturated/α-hetero) is 1. The van der Waals surface area contributed by atoms with Crippen LogP contribution in [0.5, 0.6) is 0 Å². The number of alkyl halides is 2. The Morgan fingerprint density at radius 3 is 2.64 bits per heavy atom. The number of hydrogen-bond donors (Lipinski definition) is 1. The molecule has 0 bridgehead atoms. The van der Waals surface area contributed by atoms with Crippen LogP contribution in [0.25, 0.3) is 0 Å². The highest BCUT2D eigenvalue weighted by atomic mass is 19.3. The van der Waals surface area contributed by atoms with Gasteiger partial charge in [0.15, 0.2) is 0 Å². The molecule has 140 valence electrons. The standard InChI is InChI=1S/C21H30F2O2/c1-12(24)17-5-6-18-16-4-3-13-11-21(25,19(22)23)10-8-14(13)15(16)7-9-20(17,18)2/h3,14-19,25H,4-11H2,1-2H3/t14?,15-,16-,17-,18+,20?,21-/m1/s1. The van der Waals surface area contributed by atoms with E-state index in [1.54, 1.807) is 6.92 Å². The molecule has 4 aliphatic carbocycles. The van der Waals surface area contributed by atoms with Crippen molar-refractivity contribution in [1.29, 1.82) is 0 Å². The summed E-state index contributed by atoms with van der Waals surface area (Å²) in [6, 6.07) is 0. The Balaban J connectivity index is 1.58. The third-order valence-corrected chi connectivity index (χ3v) is 8.43. The Labute approximate surface area is 149 Å². The Kier molecular flexibility index (Phi) is 4.14. The van der Waals surface area contributed by atoms with Gasteiger partial charge < -0.3 is 5.11 Å². The molecular weight excluding hydrogens is 322 g/mol.